The number of hydrogen-bond donors (Lipinski definition) is 0. The summed E-state index contributed by atoms with van der Waals surface area (Å²) in [7, 11) is 0. The minimum atomic E-state index is -3.11. The normalized spacial score (nSPS) is 9.36. The van der Waals surface area contributed by atoms with Crippen molar-refractivity contribution < 1.29 is 42.9 Å². The Morgan fingerprint density at radius 2 is 1.55 bits per heavy atom. The van der Waals surface area contributed by atoms with Crippen molar-refractivity contribution in [1.82, 2.24) is 0 Å². The molecule has 11 heavy (non-hydrogen) atoms. The van der Waals surface area contributed by atoms with Crippen LogP contribution in [0, 0.1) is 0 Å². The summed E-state index contributed by atoms with van der Waals surface area (Å²) < 4.78 is 25.3. The maximum absolute atomic E-state index is 8.44. The van der Waals surface area contributed by atoms with Crippen LogP contribution in [0.2, 0.25) is 0 Å². The summed E-state index contributed by atoms with van der Waals surface area (Å²) in [6.07, 6.45) is 0. The SMILES string of the molecule is O=S([O-])[O-].[Na+].c1cc2cc-2c1. The summed E-state index contributed by atoms with van der Waals surface area (Å²) in [6, 6.07) is 8.48. The maximum Gasteiger partial charge on any atom is 1.00 e. The maximum atomic E-state index is 8.44. The standard InChI is InChI=1S/C6H4.Na.H2O3S/c1-2-5-4-6(5)3-1;;1-4(2)3/h1-4H;;(H2,1,2,3)/q;+1;/p-2. The zero-order valence-electron chi connectivity index (χ0n) is 5.94. The van der Waals surface area contributed by atoms with Gasteiger partial charge in [0, 0.05) is 0 Å². The number of hydrogen-bond acceptors (Lipinski definition) is 3. The van der Waals surface area contributed by atoms with Crippen molar-refractivity contribution in [1.29, 1.82) is 0 Å². The van der Waals surface area contributed by atoms with E-state index in [0.717, 1.165) is 0 Å². The van der Waals surface area contributed by atoms with Crippen LogP contribution >= 0.6 is 0 Å². The van der Waals surface area contributed by atoms with Crippen molar-refractivity contribution in [2.75, 3.05) is 0 Å². The quantitative estimate of drug-likeness (QED) is 0.336. The van der Waals surface area contributed by atoms with Gasteiger partial charge in [0.05, 0.1) is 0 Å². The van der Waals surface area contributed by atoms with Crippen LogP contribution in [-0.4, -0.2) is 13.3 Å². The first-order valence-corrected chi connectivity index (χ1v) is 3.57. The van der Waals surface area contributed by atoms with E-state index in [-0.39, 0.29) is 29.6 Å². The molecular weight excluding hydrogens is 175 g/mol. The summed E-state index contributed by atoms with van der Waals surface area (Å²) >= 11 is -3.11. The third-order valence-corrected chi connectivity index (χ3v) is 1.11. The van der Waals surface area contributed by atoms with Crippen molar-refractivity contribution in [2.24, 2.45) is 0 Å². The Hall–Kier alpha value is 0.290. The van der Waals surface area contributed by atoms with Gasteiger partial charge >= 0.3 is 29.6 Å². The fourth-order valence-electron chi connectivity index (χ4n) is 0.676. The van der Waals surface area contributed by atoms with E-state index < -0.39 is 11.4 Å². The topological polar surface area (TPSA) is 63.2 Å². The summed E-state index contributed by atoms with van der Waals surface area (Å²) in [4.78, 5) is 0. The van der Waals surface area contributed by atoms with Crippen molar-refractivity contribution >= 4 is 11.4 Å². The van der Waals surface area contributed by atoms with E-state index in [1.165, 1.54) is 11.1 Å². The van der Waals surface area contributed by atoms with Gasteiger partial charge in [-0.3, -0.25) is 4.21 Å². The van der Waals surface area contributed by atoms with Gasteiger partial charge in [-0.2, -0.15) is 0 Å². The molecule has 2 rings (SSSR count). The van der Waals surface area contributed by atoms with E-state index in [4.69, 9.17) is 13.3 Å². The summed E-state index contributed by atoms with van der Waals surface area (Å²) in [6.45, 7) is 0. The van der Waals surface area contributed by atoms with Crippen LogP contribution in [0.25, 0.3) is 11.1 Å². The second kappa shape index (κ2) is 5.03. The molecule has 0 saturated carbocycles. The van der Waals surface area contributed by atoms with Crippen molar-refractivity contribution in [3.63, 3.8) is 0 Å². The molecule has 0 saturated heterocycles. The Morgan fingerprint density at radius 1 is 1.18 bits per heavy atom. The van der Waals surface area contributed by atoms with Crippen LogP contribution < -0.4 is 29.6 Å². The summed E-state index contributed by atoms with van der Waals surface area (Å²) in [5, 5.41) is 0. The smallest absolute Gasteiger partial charge is 0.784 e. The van der Waals surface area contributed by atoms with Gasteiger partial charge in [-0.25, -0.2) is 0 Å². The Bertz CT molecular complexity index is 243. The van der Waals surface area contributed by atoms with Crippen molar-refractivity contribution in [3.8, 4) is 11.1 Å². The van der Waals surface area contributed by atoms with Crippen LogP contribution in [0.15, 0.2) is 24.3 Å². The molecule has 0 amide bonds. The van der Waals surface area contributed by atoms with Gasteiger partial charge in [0.15, 0.2) is 0 Å². The van der Waals surface area contributed by atoms with Gasteiger partial charge in [-0.15, -0.1) is 11.4 Å². The Balaban J connectivity index is 0.000000183. The zero-order chi connectivity index (χ0) is 7.56. The molecular formula is C6H4NaO3S-. The van der Waals surface area contributed by atoms with E-state index in [2.05, 4.69) is 24.3 Å². The third-order valence-electron chi connectivity index (χ3n) is 1.11. The zero-order valence-corrected chi connectivity index (χ0v) is 8.76. The molecule has 0 aliphatic heterocycles. The van der Waals surface area contributed by atoms with Gasteiger partial charge < -0.3 is 9.11 Å². The van der Waals surface area contributed by atoms with Crippen LogP contribution in [-0.2, 0) is 11.4 Å². The fourth-order valence-corrected chi connectivity index (χ4v) is 0.676. The van der Waals surface area contributed by atoms with Gasteiger partial charge in [0.25, 0.3) is 0 Å². The third kappa shape index (κ3) is 4.68. The number of benzene rings is 1. The van der Waals surface area contributed by atoms with E-state index >= 15 is 0 Å². The first-order valence-electron chi connectivity index (χ1n) is 2.57. The average molecular weight is 179 g/mol. The molecule has 0 radical (unpaired) electrons. The van der Waals surface area contributed by atoms with Gasteiger partial charge in [-0.05, 0) is 17.2 Å². The molecule has 0 spiro atoms. The molecule has 2 aliphatic rings. The molecule has 54 valence electrons. The van der Waals surface area contributed by atoms with E-state index in [0.29, 0.717) is 0 Å². The van der Waals surface area contributed by atoms with E-state index in [1.54, 1.807) is 0 Å². The number of rotatable bonds is 0. The minimum absolute atomic E-state index is 0. The molecule has 0 atom stereocenters. The Kier molecular flexibility index (Phi) is 5.16. The van der Waals surface area contributed by atoms with E-state index in [9.17, 15) is 0 Å². The fraction of sp³-hybridized carbons (Fsp3) is 0. The molecule has 0 aromatic carbocycles. The molecule has 0 unspecified atom stereocenters. The van der Waals surface area contributed by atoms with Gasteiger partial charge in [-0.1, -0.05) is 18.2 Å². The Morgan fingerprint density at radius 3 is 1.64 bits per heavy atom. The molecule has 0 bridgehead atoms. The minimum Gasteiger partial charge on any atom is -0.784 e. The molecule has 5 heteroatoms. The molecule has 2 aliphatic carbocycles. The van der Waals surface area contributed by atoms with Crippen LogP contribution in [0.4, 0.5) is 0 Å². The summed E-state index contributed by atoms with van der Waals surface area (Å²) in [5.74, 6) is 0. The van der Waals surface area contributed by atoms with Crippen LogP contribution in [0.5, 0.6) is 0 Å². The molecule has 0 aromatic heterocycles. The molecule has 0 N–H and O–H groups in total. The molecule has 0 fully saturated rings. The summed E-state index contributed by atoms with van der Waals surface area (Å²) in [5.41, 5.74) is 2.85. The van der Waals surface area contributed by atoms with Crippen LogP contribution in [0.1, 0.15) is 0 Å². The van der Waals surface area contributed by atoms with Crippen molar-refractivity contribution in [2.45, 2.75) is 0 Å². The first kappa shape index (κ1) is 11.3. The number of fused-ring (bicyclic) bond motifs is 1. The molecule has 0 aromatic rings. The van der Waals surface area contributed by atoms with E-state index in [1.807, 2.05) is 0 Å². The average Bonchev–Trinajstić information content (AvgIpc) is 2.40. The Labute approximate surface area is 89.2 Å². The van der Waals surface area contributed by atoms with Gasteiger partial charge in [0.2, 0.25) is 0 Å². The largest absolute Gasteiger partial charge is 1.00 e. The van der Waals surface area contributed by atoms with Crippen molar-refractivity contribution in [3.05, 3.63) is 24.3 Å². The van der Waals surface area contributed by atoms with Crippen LogP contribution in [0.3, 0.4) is 0 Å². The molecule has 3 nitrogen and oxygen atoms in total. The van der Waals surface area contributed by atoms with Gasteiger partial charge in [0.1, 0.15) is 0 Å². The predicted molar refractivity (Wildman–Crippen MR) is 35.1 cm³/mol. The predicted octanol–water partition coefficient (Wildman–Crippen LogP) is -2.33. The monoisotopic (exact) mass is 179 g/mol. The first-order chi connectivity index (χ1) is 4.70. The second-order valence-electron chi connectivity index (χ2n) is 1.78. The molecule has 0 heterocycles. The second-order valence-corrected chi connectivity index (χ2v) is 2.19.